The Bertz CT molecular complexity index is 367. The summed E-state index contributed by atoms with van der Waals surface area (Å²) in [7, 11) is 0. The van der Waals surface area contributed by atoms with E-state index < -0.39 is 11.9 Å². The van der Waals surface area contributed by atoms with Gasteiger partial charge in [-0.05, 0) is 19.9 Å². The van der Waals surface area contributed by atoms with Crippen molar-refractivity contribution >= 4 is 0 Å². The van der Waals surface area contributed by atoms with E-state index in [1.54, 1.807) is 6.92 Å². The van der Waals surface area contributed by atoms with Crippen molar-refractivity contribution < 1.29 is 13.2 Å². The molecule has 0 amide bonds. The number of fused-ring (bicyclic) bond motifs is 1. The van der Waals surface area contributed by atoms with Gasteiger partial charge in [0.2, 0.25) is 0 Å². The Morgan fingerprint density at radius 2 is 2.20 bits per heavy atom. The third-order valence-corrected chi connectivity index (χ3v) is 2.58. The Labute approximate surface area is 85.3 Å². The summed E-state index contributed by atoms with van der Waals surface area (Å²) in [6, 6.07) is 0. The maximum atomic E-state index is 12.6. The second kappa shape index (κ2) is 3.52. The molecule has 0 bridgehead atoms. The highest BCUT2D eigenvalue weighted by molar-refractivity contribution is 5.30. The molecule has 1 aromatic rings. The van der Waals surface area contributed by atoms with Gasteiger partial charge in [-0.2, -0.15) is 18.3 Å². The molecule has 2 heterocycles. The molecule has 0 aliphatic carbocycles. The molecule has 2 rings (SSSR count). The van der Waals surface area contributed by atoms with Crippen LogP contribution in [0.1, 0.15) is 23.9 Å². The Balaban J connectivity index is 2.52. The third-order valence-electron chi connectivity index (χ3n) is 2.58. The lowest BCUT2D eigenvalue weighted by Crippen LogP contribution is -2.26. The van der Waals surface area contributed by atoms with Gasteiger partial charge in [0.05, 0.1) is 5.69 Å². The fraction of sp³-hybridized carbons (Fsp3) is 0.667. The second-order valence-corrected chi connectivity index (χ2v) is 3.51. The maximum absolute atomic E-state index is 12.6. The van der Waals surface area contributed by atoms with Gasteiger partial charge in [-0.3, -0.25) is 4.68 Å². The molecule has 84 valence electrons. The van der Waals surface area contributed by atoms with Crippen molar-refractivity contribution in [3.05, 3.63) is 17.0 Å². The molecule has 0 unspecified atom stereocenters. The largest absolute Gasteiger partial charge is 0.435 e. The van der Waals surface area contributed by atoms with Crippen molar-refractivity contribution in [2.75, 3.05) is 6.54 Å². The molecule has 0 fully saturated rings. The molecule has 6 heteroatoms. The lowest BCUT2D eigenvalue weighted by Gasteiger charge is -2.15. The van der Waals surface area contributed by atoms with Crippen LogP contribution >= 0.6 is 0 Å². The van der Waals surface area contributed by atoms with Crippen LogP contribution in [0, 0.1) is 0 Å². The van der Waals surface area contributed by atoms with Gasteiger partial charge in [-0.1, -0.05) is 0 Å². The predicted octanol–water partition coefficient (Wildman–Crippen LogP) is 1.57. The van der Waals surface area contributed by atoms with E-state index in [9.17, 15) is 13.2 Å². The quantitative estimate of drug-likeness (QED) is 0.777. The van der Waals surface area contributed by atoms with Crippen molar-refractivity contribution in [3.8, 4) is 0 Å². The van der Waals surface area contributed by atoms with Gasteiger partial charge in [0.15, 0.2) is 5.69 Å². The van der Waals surface area contributed by atoms with Crippen LogP contribution in [-0.2, 0) is 25.7 Å². The number of nitrogens with zero attached hydrogens (tertiary/aromatic N) is 2. The van der Waals surface area contributed by atoms with Crippen molar-refractivity contribution in [1.82, 2.24) is 15.1 Å². The van der Waals surface area contributed by atoms with Crippen molar-refractivity contribution in [1.29, 1.82) is 0 Å². The van der Waals surface area contributed by atoms with E-state index in [0.717, 1.165) is 0 Å². The van der Waals surface area contributed by atoms with Crippen LogP contribution in [-0.4, -0.2) is 16.3 Å². The fourth-order valence-corrected chi connectivity index (χ4v) is 1.90. The minimum atomic E-state index is -4.33. The highest BCUT2D eigenvalue weighted by Gasteiger charge is 2.39. The molecule has 0 saturated carbocycles. The molecule has 1 N–H and O–H groups in total. The highest BCUT2D eigenvalue weighted by atomic mass is 19.4. The minimum absolute atomic E-state index is 0.364. The minimum Gasteiger partial charge on any atom is -0.311 e. The molecule has 0 saturated heterocycles. The van der Waals surface area contributed by atoms with Crippen LogP contribution in [0.2, 0.25) is 0 Å². The van der Waals surface area contributed by atoms with Gasteiger partial charge < -0.3 is 5.32 Å². The Morgan fingerprint density at radius 1 is 1.47 bits per heavy atom. The zero-order valence-electron chi connectivity index (χ0n) is 8.36. The summed E-state index contributed by atoms with van der Waals surface area (Å²) in [6.07, 6.45) is -3.92. The van der Waals surface area contributed by atoms with Crippen LogP contribution < -0.4 is 5.32 Å². The van der Waals surface area contributed by atoms with Crippen LogP contribution in [0.25, 0.3) is 0 Å². The van der Waals surface area contributed by atoms with Crippen molar-refractivity contribution in [3.63, 3.8) is 0 Å². The van der Waals surface area contributed by atoms with E-state index in [4.69, 9.17) is 0 Å². The summed E-state index contributed by atoms with van der Waals surface area (Å²) in [5, 5.41) is 6.69. The van der Waals surface area contributed by atoms with Gasteiger partial charge in [0.1, 0.15) is 0 Å². The lowest BCUT2D eigenvalue weighted by molar-refractivity contribution is -0.142. The average molecular weight is 219 g/mol. The van der Waals surface area contributed by atoms with Gasteiger partial charge in [0, 0.05) is 18.7 Å². The zero-order chi connectivity index (χ0) is 11.1. The summed E-state index contributed by atoms with van der Waals surface area (Å²) in [6.45, 7) is 3.33. The zero-order valence-corrected chi connectivity index (χ0v) is 8.36. The number of rotatable bonds is 1. The van der Waals surface area contributed by atoms with E-state index in [1.807, 2.05) is 0 Å². The summed E-state index contributed by atoms with van der Waals surface area (Å²) in [4.78, 5) is 0. The average Bonchev–Trinajstić information content (AvgIpc) is 2.55. The summed E-state index contributed by atoms with van der Waals surface area (Å²) in [5.74, 6) is 0. The Hall–Kier alpha value is -1.04. The molecule has 0 atom stereocenters. The van der Waals surface area contributed by atoms with Gasteiger partial charge in [-0.15, -0.1) is 0 Å². The number of aryl methyl sites for hydroxylation is 1. The van der Waals surface area contributed by atoms with Gasteiger partial charge >= 0.3 is 6.18 Å². The van der Waals surface area contributed by atoms with Gasteiger partial charge in [0.25, 0.3) is 0 Å². The Kier molecular flexibility index (Phi) is 2.46. The number of alkyl halides is 3. The number of aromatic nitrogens is 2. The molecule has 1 aliphatic rings. The highest BCUT2D eigenvalue weighted by Crippen LogP contribution is 2.33. The molecule has 1 aromatic heterocycles. The molecule has 0 aromatic carbocycles. The van der Waals surface area contributed by atoms with E-state index in [2.05, 4.69) is 10.4 Å². The Morgan fingerprint density at radius 3 is 2.80 bits per heavy atom. The van der Waals surface area contributed by atoms with E-state index in [1.165, 1.54) is 4.68 Å². The fourth-order valence-electron chi connectivity index (χ4n) is 1.90. The first-order chi connectivity index (χ1) is 7.04. The number of hydrogen-bond acceptors (Lipinski definition) is 2. The van der Waals surface area contributed by atoms with Gasteiger partial charge in [-0.25, -0.2) is 0 Å². The molecule has 15 heavy (non-hydrogen) atoms. The number of nitrogens with one attached hydrogen (secondary N) is 1. The predicted molar refractivity (Wildman–Crippen MR) is 48.3 cm³/mol. The van der Waals surface area contributed by atoms with Crippen LogP contribution in [0.4, 0.5) is 13.2 Å². The second-order valence-electron chi connectivity index (χ2n) is 3.51. The first-order valence-electron chi connectivity index (χ1n) is 4.90. The normalized spacial score (nSPS) is 16.5. The van der Waals surface area contributed by atoms with Crippen molar-refractivity contribution in [2.24, 2.45) is 0 Å². The van der Waals surface area contributed by atoms with Crippen LogP contribution in [0.5, 0.6) is 0 Å². The maximum Gasteiger partial charge on any atom is 0.435 e. The molecular formula is C9H12F3N3. The molecule has 3 nitrogen and oxygen atoms in total. The lowest BCUT2D eigenvalue weighted by atomic mass is 10.1. The van der Waals surface area contributed by atoms with Crippen LogP contribution in [0.3, 0.4) is 0 Å². The van der Waals surface area contributed by atoms with E-state index in [-0.39, 0.29) is 0 Å². The monoisotopic (exact) mass is 219 g/mol. The van der Waals surface area contributed by atoms with E-state index in [0.29, 0.717) is 37.3 Å². The first-order valence-corrected chi connectivity index (χ1v) is 4.90. The van der Waals surface area contributed by atoms with Crippen LogP contribution in [0.15, 0.2) is 0 Å². The molecule has 0 spiro atoms. The molecular weight excluding hydrogens is 207 g/mol. The van der Waals surface area contributed by atoms with E-state index >= 15 is 0 Å². The summed E-state index contributed by atoms with van der Waals surface area (Å²) in [5.41, 5.74) is 0.333. The SMILES string of the molecule is CCn1nc(C(F)(F)F)c2c1CNCC2. The van der Waals surface area contributed by atoms with Crippen molar-refractivity contribution in [2.45, 2.75) is 32.6 Å². The summed E-state index contributed by atoms with van der Waals surface area (Å²) < 4.78 is 39.3. The number of halogens is 3. The standard InChI is InChI=1S/C9H12F3N3/c1-2-15-7-5-13-4-3-6(7)8(14-15)9(10,11)12/h13H,2-5H2,1H3. The topological polar surface area (TPSA) is 29.9 Å². The molecule has 1 aliphatic heterocycles. The summed E-state index contributed by atoms with van der Waals surface area (Å²) >= 11 is 0. The smallest absolute Gasteiger partial charge is 0.311 e. The number of hydrogen-bond donors (Lipinski definition) is 1. The third kappa shape index (κ3) is 1.73. The molecule has 0 radical (unpaired) electrons. The first kappa shape index (κ1) is 10.5.